The third kappa shape index (κ3) is 4.22. The zero-order valence-electron chi connectivity index (χ0n) is 12.8. The quantitative estimate of drug-likeness (QED) is 0.813. The molecule has 1 aromatic heterocycles. The Morgan fingerprint density at radius 3 is 2.82 bits per heavy atom. The van der Waals surface area contributed by atoms with Gasteiger partial charge in [0.05, 0.1) is 6.54 Å². The van der Waals surface area contributed by atoms with E-state index in [0.717, 1.165) is 23.9 Å². The van der Waals surface area contributed by atoms with E-state index in [1.54, 1.807) is 6.20 Å². The molecule has 0 N–H and O–H groups in total. The Morgan fingerprint density at radius 2 is 2.09 bits per heavy atom. The summed E-state index contributed by atoms with van der Waals surface area (Å²) in [5, 5.41) is 0. The number of likely N-dealkylation sites (tertiary alicyclic amines) is 1. The molecule has 0 spiro atoms. The van der Waals surface area contributed by atoms with Gasteiger partial charge in [-0.15, -0.1) is 0 Å². The summed E-state index contributed by atoms with van der Waals surface area (Å²) in [5.41, 5.74) is 0. The average Bonchev–Trinajstić information content (AvgIpc) is 2.99. The van der Waals surface area contributed by atoms with Crippen molar-refractivity contribution in [2.75, 3.05) is 13.1 Å². The summed E-state index contributed by atoms with van der Waals surface area (Å²) in [7, 11) is 0. The predicted octanol–water partition coefficient (Wildman–Crippen LogP) is 3.79. The normalized spacial score (nSPS) is 22.8. The van der Waals surface area contributed by atoms with Crippen molar-refractivity contribution < 1.29 is 9.53 Å². The average molecular weight is 367 g/mol. The third-order valence-electron chi connectivity index (χ3n) is 4.67. The second kappa shape index (κ2) is 7.44. The van der Waals surface area contributed by atoms with Gasteiger partial charge in [-0.25, -0.2) is 4.98 Å². The summed E-state index contributed by atoms with van der Waals surface area (Å²) < 4.78 is 6.82. The molecule has 4 nitrogen and oxygen atoms in total. The van der Waals surface area contributed by atoms with Crippen molar-refractivity contribution in [3.8, 4) is 5.88 Å². The van der Waals surface area contributed by atoms with Gasteiger partial charge < -0.3 is 9.64 Å². The van der Waals surface area contributed by atoms with Crippen LogP contribution >= 0.6 is 15.9 Å². The smallest absolute Gasteiger partial charge is 0.222 e. The van der Waals surface area contributed by atoms with E-state index in [9.17, 15) is 4.79 Å². The van der Waals surface area contributed by atoms with Crippen molar-refractivity contribution in [3.63, 3.8) is 0 Å². The molecule has 0 aromatic carbocycles. The molecular weight excluding hydrogens is 344 g/mol. The third-order valence-corrected chi connectivity index (χ3v) is 5.14. The van der Waals surface area contributed by atoms with Gasteiger partial charge in [-0.2, -0.15) is 0 Å². The minimum atomic E-state index is 0.0731. The predicted molar refractivity (Wildman–Crippen MR) is 88.7 cm³/mol. The first kappa shape index (κ1) is 15.8. The van der Waals surface area contributed by atoms with E-state index in [4.69, 9.17) is 4.74 Å². The molecule has 0 radical (unpaired) electrons. The van der Waals surface area contributed by atoms with Crippen LogP contribution in [-0.2, 0) is 4.79 Å². The molecule has 0 bridgehead atoms. The number of carbonyl (C=O) groups excluding carboxylic acids is 1. The Labute approximate surface area is 140 Å². The van der Waals surface area contributed by atoms with E-state index in [1.165, 1.54) is 32.1 Å². The second-order valence-electron chi connectivity index (χ2n) is 6.39. The molecule has 1 aliphatic carbocycles. The number of rotatable bonds is 4. The fourth-order valence-corrected chi connectivity index (χ4v) is 3.66. The highest BCUT2D eigenvalue weighted by atomic mass is 79.9. The number of hydrogen-bond donors (Lipinski definition) is 0. The molecule has 22 heavy (non-hydrogen) atoms. The summed E-state index contributed by atoms with van der Waals surface area (Å²) in [4.78, 5) is 18.6. The molecule has 1 unspecified atom stereocenters. The maximum atomic E-state index is 12.4. The molecule has 2 fully saturated rings. The monoisotopic (exact) mass is 366 g/mol. The van der Waals surface area contributed by atoms with Gasteiger partial charge in [-0.1, -0.05) is 19.3 Å². The molecule has 1 aromatic rings. The fourth-order valence-electron chi connectivity index (χ4n) is 3.42. The van der Waals surface area contributed by atoms with Crippen LogP contribution in [0.4, 0.5) is 0 Å². The Balaban J connectivity index is 1.46. The summed E-state index contributed by atoms with van der Waals surface area (Å²) in [6.07, 6.45) is 9.80. The maximum absolute atomic E-state index is 12.4. The van der Waals surface area contributed by atoms with E-state index in [1.807, 2.05) is 17.0 Å². The van der Waals surface area contributed by atoms with Crippen molar-refractivity contribution in [3.05, 3.63) is 22.8 Å². The van der Waals surface area contributed by atoms with Crippen LogP contribution in [0.25, 0.3) is 0 Å². The van der Waals surface area contributed by atoms with E-state index < -0.39 is 0 Å². The van der Waals surface area contributed by atoms with Crippen molar-refractivity contribution in [1.29, 1.82) is 0 Å². The van der Waals surface area contributed by atoms with Crippen molar-refractivity contribution in [1.82, 2.24) is 9.88 Å². The van der Waals surface area contributed by atoms with Gasteiger partial charge in [0.2, 0.25) is 11.8 Å². The van der Waals surface area contributed by atoms with E-state index >= 15 is 0 Å². The van der Waals surface area contributed by atoms with E-state index in [-0.39, 0.29) is 6.10 Å². The number of amides is 1. The topological polar surface area (TPSA) is 42.4 Å². The van der Waals surface area contributed by atoms with Crippen LogP contribution in [0.5, 0.6) is 5.88 Å². The minimum absolute atomic E-state index is 0.0731. The largest absolute Gasteiger partial charge is 0.472 e. The highest BCUT2D eigenvalue weighted by Gasteiger charge is 2.29. The van der Waals surface area contributed by atoms with Gasteiger partial charge in [0, 0.05) is 36.1 Å². The van der Waals surface area contributed by atoms with Crippen molar-refractivity contribution in [2.24, 2.45) is 5.92 Å². The van der Waals surface area contributed by atoms with Gasteiger partial charge in [-0.05, 0) is 40.8 Å². The van der Waals surface area contributed by atoms with Crippen LogP contribution in [0.15, 0.2) is 22.8 Å². The first-order valence-electron chi connectivity index (χ1n) is 8.26. The standard InChI is InChI=1S/C17H23BrN2O2/c18-14-6-7-16(19-11-14)22-15-8-9-20(12-15)17(21)10-13-4-2-1-3-5-13/h6-7,11,13,15H,1-5,8-10,12H2. The number of ether oxygens (including phenoxy) is 1. The zero-order valence-corrected chi connectivity index (χ0v) is 14.4. The van der Waals surface area contributed by atoms with Gasteiger partial charge in [0.25, 0.3) is 0 Å². The van der Waals surface area contributed by atoms with E-state index in [0.29, 0.717) is 24.2 Å². The number of pyridine rings is 1. The molecule has 5 heteroatoms. The van der Waals surface area contributed by atoms with Crippen LogP contribution in [0.1, 0.15) is 44.9 Å². The number of aromatic nitrogens is 1. The first-order valence-corrected chi connectivity index (χ1v) is 9.06. The lowest BCUT2D eigenvalue weighted by atomic mass is 9.87. The lowest BCUT2D eigenvalue weighted by molar-refractivity contribution is -0.131. The van der Waals surface area contributed by atoms with Crippen LogP contribution in [-0.4, -0.2) is 35.0 Å². The van der Waals surface area contributed by atoms with Gasteiger partial charge in [0.1, 0.15) is 6.10 Å². The summed E-state index contributed by atoms with van der Waals surface area (Å²) in [6, 6.07) is 3.78. The molecule has 1 amide bonds. The highest BCUT2D eigenvalue weighted by molar-refractivity contribution is 9.10. The SMILES string of the molecule is O=C(CC1CCCCC1)N1CCC(Oc2ccc(Br)cn2)C1. The molecular formula is C17H23BrN2O2. The van der Waals surface area contributed by atoms with Crippen LogP contribution in [0.2, 0.25) is 0 Å². The lowest BCUT2D eigenvalue weighted by Crippen LogP contribution is -2.32. The number of halogens is 1. The van der Waals surface area contributed by atoms with Crippen LogP contribution in [0.3, 0.4) is 0 Å². The molecule has 2 heterocycles. The van der Waals surface area contributed by atoms with Crippen molar-refractivity contribution in [2.45, 2.75) is 51.0 Å². The van der Waals surface area contributed by atoms with Crippen LogP contribution in [0, 0.1) is 5.92 Å². The Morgan fingerprint density at radius 1 is 1.27 bits per heavy atom. The molecule has 1 atom stereocenters. The fraction of sp³-hybridized carbons (Fsp3) is 0.647. The summed E-state index contributed by atoms with van der Waals surface area (Å²) in [6.45, 7) is 1.51. The Hall–Kier alpha value is -1.10. The van der Waals surface area contributed by atoms with Crippen LogP contribution < -0.4 is 4.74 Å². The molecule has 1 aliphatic heterocycles. The number of carbonyl (C=O) groups is 1. The molecule has 1 saturated heterocycles. The van der Waals surface area contributed by atoms with Crippen molar-refractivity contribution >= 4 is 21.8 Å². The molecule has 3 rings (SSSR count). The Kier molecular flexibility index (Phi) is 5.34. The lowest BCUT2D eigenvalue weighted by Gasteiger charge is -2.24. The van der Waals surface area contributed by atoms with Gasteiger partial charge in [0.15, 0.2) is 0 Å². The molecule has 2 aliphatic rings. The summed E-state index contributed by atoms with van der Waals surface area (Å²) in [5.74, 6) is 1.55. The minimum Gasteiger partial charge on any atom is -0.472 e. The Bertz CT molecular complexity index is 500. The van der Waals surface area contributed by atoms with Gasteiger partial charge in [-0.3, -0.25) is 4.79 Å². The highest BCUT2D eigenvalue weighted by Crippen LogP contribution is 2.27. The molecule has 120 valence electrons. The zero-order chi connectivity index (χ0) is 15.4. The summed E-state index contributed by atoms with van der Waals surface area (Å²) >= 11 is 3.36. The number of nitrogens with zero attached hydrogens (tertiary/aromatic N) is 2. The second-order valence-corrected chi connectivity index (χ2v) is 7.31. The van der Waals surface area contributed by atoms with E-state index in [2.05, 4.69) is 20.9 Å². The maximum Gasteiger partial charge on any atom is 0.222 e. The molecule has 1 saturated carbocycles. The number of hydrogen-bond acceptors (Lipinski definition) is 3. The first-order chi connectivity index (χ1) is 10.7. The van der Waals surface area contributed by atoms with Gasteiger partial charge >= 0.3 is 0 Å².